The average Bonchev–Trinajstić information content (AvgIpc) is 2.46. The highest BCUT2D eigenvalue weighted by Crippen LogP contribution is 2.28. The van der Waals surface area contributed by atoms with Crippen LogP contribution in [0, 0.1) is 0 Å². The summed E-state index contributed by atoms with van der Waals surface area (Å²) in [5.74, 6) is 0.482. The van der Waals surface area contributed by atoms with E-state index < -0.39 is 0 Å². The molecule has 2 aromatic rings. The number of rotatable bonds is 6. The van der Waals surface area contributed by atoms with Crippen LogP contribution in [0.4, 0.5) is 0 Å². The minimum Gasteiger partial charge on any atom is -0.421 e. The van der Waals surface area contributed by atoms with Crippen molar-refractivity contribution in [1.82, 2.24) is 0 Å². The van der Waals surface area contributed by atoms with Gasteiger partial charge in [0.05, 0.1) is 0 Å². The lowest BCUT2D eigenvalue weighted by Crippen LogP contribution is -2.03. The molecule has 0 bridgehead atoms. The Morgan fingerprint density at radius 3 is 1.83 bits per heavy atom. The lowest BCUT2D eigenvalue weighted by Gasteiger charge is -2.17. The predicted molar refractivity (Wildman–Crippen MR) is 76.9 cm³/mol. The molecule has 0 spiro atoms. The Balaban J connectivity index is 2.18. The Kier molecular flexibility index (Phi) is 5.18. The van der Waals surface area contributed by atoms with Gasteiger partial charge in [0.25, 0.3) is 0 Å². The van der Waals surface area contributed by atoms with E-state index in [4.69, 9.17) is 4.43 Å². The summed E-state index contributed by atoms with van der Waals surface area (Å²) in [5.41, 5.74) is 2.79. The van der Waals surface area contributed by atoms with Crippen molar-refractivity contribution >= 4 is 9.76 Å². The Labute approximate surface area is 112 Å². The normalized spacial score (nSPS) is 10.8. The van der Waals surface area contributed by atoms with E-state index in [-0.39, 0.29) is 0 Å². The first-order chi connectivity index (χ1) is 8.92. The van der Waals surface area contributed by atoms with E-state index >= 15 is 0 Å². The van der Waals surface area contributed by atoms with E-state index in [1.54, 1.807) is 7.11 Å². The monoisotopic (exact) mass is 254 g/mol. The summed E-state index contributed by atoms with van der Waals surface area (Å²) in [6, 6.07) is 22.6. The van der Waals surface area contributed by atoms with Crippen LogP contribution in [0.2, 0.25) is 6.04 Å². The summed E-state index contributed by atoms with van der Waals surface area (Å²) in [6.07, 6.45) is 1.14. The zero-order valence-electron chi connectivity index (χ0n) is 10.7. The van der Waals surface area contributed by atoms with Gasteiger partial charge < -0.3 is 4.43 Å². The van der Waals surface area contributed by atoms with Crippen LogP contribution in [0.25, 0.3) is 0 Å². The molecule has 0 amide bonds. The van der Waals surface area contributed by atoms with Crippen molar-refractivity contribution in [3.63, 3.8) is 0 Å². The first kappa shape index (κ1) is 13.1. The van der Waals surface area contributed by atoms with Gasteiger partial charge in [-0.2, -0.15) is 0 Å². The third-order valence-corrected chi connectivity index (χ3v) is 3.86. The summed E-state index contributed by atoms with van der Waals surface area (Å²) < 4.78 is 5.19. The standard InChI is InChI=1S/C16H18OSi/c1-17-18-13-12-16(14-8-4-2-5-9-14)15-10-6-3-7-11-15/h2-11,16H,12-13H2,1H3. The van der Waals surface area contributed by atoms with Crippen molar-refractivity contribution in [2.75, 3.05) is 7.11 Å². The molecule has 0 fully saturated rings. The van der Waals surface area contributed by atoms with Crippen LogP contribution in [0.5, 0.6) is 0 Å². The fourth-order valence-electron chi connectivity index (χ4n) is 2.20. The second kappa shape index (κ2) is 7.14. The summed E-state index contributed by atoms with van der Waals surface area (Å²) >= 11 is 0. The zero-order valence-corrected chi connectivity index (χ0v) is 11.7. The molecule has 0 aromatic heterocycles. The van der Waals surface area contributed by atoms with Crippen LogP contribution in [-0.4, -0.2) is 16.9 Å². The molecule has 0 N–H and O–H groups in total. The van der Waals surface area contributed by atoms with Crippen molar-refractivity contribution in [3.8, 4) is 0 Å². The van der Waals surface area contributed by atoms with Crippen molar-refractivity contribution in [2.24, 2.45) is 0 Å². The molecule has 0 atom stereocenters. The maximum Gasteiger partial charge on any atom is 0.229 e. The Hall–Kier alpha value is -1.38. The fourth-order valence-corrected chi connectivity index (χ4v) is 2.81. The molecule has 2 rings (SSSR count). The van der Waals surface area contributed by atoms with E-state index in [9.17, 15) is 0 Å². The van der Waals surface area contributed by atoms with Gasteiger partial charge in [-0.05, 0) is 23.6 Å². The minimum atomic E-state index is 0.482. The lowest BCUT2D eigenvalue weighted by molar-refractivity contribution is 0.438. The average molecular weight is 254 g/mol. The highest BCUT2D eigenvalue weighted by atomic mass is 28.2. The van der Waals surface area contributed by atoms with E-state index in [1.807, 2.05) is 0 Å². The molecule has 0 unspecified atom stereocenters. The smallest absolute Gasteiger partial charge is 0.229 e. The zero-order chi connectivity index (χ0) is 12.6. The molecule has 0 heterocycles. The topological polar surface area (TPSA) is 9.23 Å². The summed E-state index contributed by atoms with van der Waals surface area (Å²) in [4.78, 5) is 0. The number of hydrogen-bond acceptors (Lipinski definition) is 1. The van der Waals surface area contributed by atoms with Gasteiger partial charge in [-0.15, -0.1) is 0 Å². The summed E-state index contributed by atoms with van der Waals surface area (Å²) in [6.45, 7) is 0. The van der Waals surface area contributed by atoms with Crippen LogP contribution in [0.15, 0.2) is 60.7 Å². The Morgan fingerprint density at radius 1 is 0.889 bits per heavy atom. The number of hydrogen-bond donors (Lipinski definition) is 0. The maximum absolute atomic E-state index is 5.19. The van der Waals surface area contributed by atoms with Gasteiger partial charge in [0, 0.05) is 13.0 Å². The van der Waals surface area contributed by atoms with Crippen molar-refractivity contribution in [2.45, 2.75) is 18.4 Å². The third kappa shape index (κ3) is 3.55. The molecule has 92 valence electrons. The first-order valence-corrected chi connectivity index (χ1v) is 7.39. The second-order valence-corrected chi connectivity index (χ2v) is 5.46. The van der Waals surface area contributed by atoms with E-state index in [1.165, 1.54) is 11.1 Å². The second-order valence-electron chi connectivity index (χ2n) is 4.26. The largest absolute Gasteiger partial charge is 0.421 e. The molecular weight excluding hydrogens is 236 g/mol. The van der Waals surface area contributed by atoms with E-state index in [0.717, 1.165) is 12.5 Å². The molecule has 18 heavy (non-hydrogen) atoms. The van der Waals surface area contributed by atoms with Crippen LogP contribution < -0.4 is 0 Å². The van der Waals surface area contributed by atoms with Crippen LogP contribution in [0.3, 0.4) is 0 Å². The molecule has 2 aromatic carbocycles. The van der Waals surface area contributed by atoms with E-state index in [2.05, 4.69) is 60.7 Å². The summed E-state index contributed by atoms with van der Waals surface area (Å²) in [7, 11) is 2.37. The van der Waals surface area contributed by atoms with Crippen LogP contribution >= 0.6 is 0 Å². The molecule has 0 aliphatic carbocycles. The quantitative estimate of drug-likeness (QED) is 0.561. The minimum absolute atomic E-state index is 0.482. The third-order valence-electron chi connectivity index (χ3n) is 3.08. The van der Waals surface area contributed by atoms with Crippen molar-refractivity contribution < 1.29 is 4.43 Å². The van der Waals surface area contributed by atoms with Crippen molar-refractivity contribution in [1.29, 1.82) is 0 Å². The van der Waals surface area contributed by atoms with Crippen molar-refractivity contribution in [3.05, 3.63) is 71.8 Å². The summed E-state index contributed by atoms with van der Waals surface area (Å²) in [5, 5.41) is 0. The van der Waals surface area contributed by atoms with Gasteiger partial charge in [-0.3, -0.25) is 0 Å². The number of benzene rings is 2. The SMILES string of the molecule is CO[Si]CCC(c1ccccc1)c1ccccc1. The van der Waals surface area contributed by atoms with Crippen LogP contribution in [-0.2, 0) is 4.43 Å². The molecule has 2 radical (unpaired) electrons. The van der Waals surface area contributed by atoms with Gasteiger partial charge in [0.2, 0.25) is 9.76 Å². The highest BCUT2D eigenvalue weighted by molar-refractivity contribution is 6.26. The first-order valence-electron chi connectivity index (χ1n) is 6.27. The molecule has 0 saturated carbocycles. The highest BCUT2D eigenvalue weighted by Gasteiger charge is 2.13. The lowest BCUT2D eigenvalue weighted by atomic mass is 9.89. The predicted octanol–water partition coefficient (Wildman–Crippen LogP) is 3.89. The van der Waals surface area contributed by atoms with Gasteiger partial charge in [0.1, 0.15) is 0 Å². The fraction of sp³-hybridized carbons (Fsp3) is 0.250. The van der Waals surface area contributed by atoms with Gasteiger partial charge in [-0.25, -0.2) is 0 Å². The van der Waals surface area contributed by atoms with Crippen LogP contribution in [0.1, 0.15) is 23.5 Å². The van der Waals surface area contributed by atoms with Gasteiger partial charge in [-0.1, -0.05) is 60.7 Å². The Morgan fingerprint density at radius 2 is 1.39 bits per heavy atom. The van der Waals surface area contributed by atoms with Gasteiger partial charge >= 0.3 is 0 Å². The molecule has 0 aliphatic heterocycles. The molecular formula is C16H18OSi. The van der Waals surface area contributed by atoms with E-state index in [0.29, 0.717) is 15.7 Å². The Bertz CT molecular complexity index is 402. The molecule has 0 aliphatic rings. The van der Waals surface area contributed by atoms with Gasteiger partial charge in [0.15, 0.2) is 0 Å². The maximum atomic E-state index is 5.19. The molecule has 1 nitrogen and oxygen atoms in total. The molecule has 0 saturated heterocycles. The molecule has 2 heteroatoms.